The summed E-state index contributed by atoms with van der Waals surface area (Å²) >= 11 is 0. The van der Waals surface area contributed by atoms with Crippen molar-refractivity contribution in [2.75, 3.05) is 0 Å². The maximum atomic E-state index is 11.6. The molecular formula is C15H19NO6S. The van der Waals surface area contributed by atoms with Crippen LogP contribution in [-0.2, 0) is 21.3 Å². The van der Waals surface area contributed by atoms with Crippen LogP contribution < -0.4 is 0 Å². The Hall–Kier alpha value is -1.96. The van der Waals surface area contributed by atoms with Crippen LogP contribution in [0.15, 0.2) is 18.2 Å². The summed E-state index contributed by atoms with van der Waals surface area (Å²) < 4.78 is 21.6. The van der Waals surface area contributed by atoms with Gasteiger partial charge >= 0.3 is 5.97 Å². The molecule has 8 heteroatoms. The second-order valence-corrected chi connectivity index (χ2v) is 6.89. The number of rotatable bonds is 7. The first-order valence-corrected chi connectivity index (χ1v) is 8.86. The van der Waals surface area contributed by atoms with Gasteiger partial charge in [-0.3, -0.25) is 14.9 Å². The molecule has 0 radical (unpaired) electrons. The van der Waals surface area contributed by atoms with Crippen molar-refractivity contribution in [1.82, 2.24) is 0 Å². The SMILES string of the molecule is O=C(O)C(CC1CCCC1)c1ccc(C[SH](=O)=O)c([N+](=O)[O-])c1. The highest BCUT2D eigenvalue weighted by molar-refractivity contribution is 7.71. The number of carboxylic acids is 1. The topological polar surface area (TPSA) is 115 Å². The van der Waals surface area contributed by atoms with Gasteiger partial charge in [-0.25, -0.2) is 8.42 Å². The van der Waals surface area contributed by atoms with Gasteiger partial charge in [-0.15, -0.1) is 0 Å². The molecule has 0 aliphatic heterocycles. The average Bonchev–Trinajstić information content (AvgIpc) is 2.97. The largest absolute Gasteiger partial charge is 0.481 e. The smallest absolute Gasteiger partial charge is 0.310 e. The highest BCUT2D eigenvalue weighted by Crippen LogP contribution is 2.35. The minimum Gasteiger partial charge on any atom is -0.481 e. The number of hydrogen-bond donors (Lipinski definition) is 2. The van der Waals surface area contributed by atoms with E-state index in [1.54, 1.807) is 0 Å². The molecular weight excluding hydrogens is 322 g/mol. The fraction of sp³-hybridized carbons (Fsp3) is 0.533. The summed E-state index contributed by atoms with van der Waals surface area (Å²) in [4.78, 5) is 22.1. The van der Waals surface area contributed by atoms with Gasteiger partial charge in [-0.05, 0) is 17.9 Å². The van der Waals surface area contributed by atoms with E-state index in [0.29, 0.717) is 17.9 Å². The van der Waals surface area contributed by atoms with E-state index in [0.717, 1.165) is 25.7 Å². The van der Waals surface area contributed by atoms with E-state index in [2.05, 4.69) is 0 Å². The van der Waals surface area contributed by atoms with E-state index >= 15 is 0 Å². The van der Waals surface area contributed by atoms with Crippen molar-refractivity contribution < 1.29 is 23.2 Å². The van der Waals surface area contributed by atoms with Crippen molar-refractivity contribution in [1.29, 1.82) is 0 Å². The summed E-state index contributed by atoms with van der Waals surface area (Å²) in [6, 6.07) is 4.06. The lowest BCUT2D eigenvalue weighted by atomic mass is 9.87. The molecule has 1 aliphatic rings. The molecule has 1 fully saturated rings. The number of thiol groups is 1. The van der Waals surface area contributed by atoms with Gasteiger partial charge in [0, 0.05) is 11.6 Å². The van der Waals surface area contributed by atoms with Gasteiger partial charge in [0.25, 0.3) is 5.69 Å². The van der Waals surface area contributed by atoms with Gasteiger partial charge in [-0.1, -0.05) is 37.8 Å². The van der Waals surface area contributed by atoms with Crippen molar-refractivity contribution in [2.45, 2.75) is 43.8 Å². The first-order valence-electron chi connectivity index (χ1n) is 7.50. The van der Waals surface area contributed by atoms with Crippen molar-refractivity contribution >= 4 is 22.4 Å². The molecule has 1 saturated carbocycles. The van der Waals surface area contributed by atoms with Crippen molar-refractivity contribution in [2.24, 2.45) is 5.92 Å². The summed E-state index contributed by atoms with van der Waals surface area (Å²) in [5.74, 6) is -1.90. The standard InChI is InChI=1S/C15H19NO6S/c17-15(18)13(7-10-3-1-2-4-10)11-5-6-12(9-23(21)22)14(8-11)16(19)20/h5-6,8,10,13,23H,1-4,7,9H2,(H,17,18). The van der Waals surface area contributed by atoms with Crippen LogP contribution in [0.25, 0.3) is 0 Å². The van der Waals surface area contributed by atoms with Crippen LogP contribution in [0.4, 0.5) is 5.69 Å². The Bertz CT molecular complexity index is 671. The normalized spacial score (nSPS) is 16.6. The Kier molecular flexibility index (Phi) is 5.70. The Morgan fingerprint density at radius 1 is 1.35 bits per heavy atom. The number of carbonyl (C=O) groups is 1. The molecule has 1 N–H and O–H groups in total. The fourth-order valence-corrected chi connectivity index (χ4v) is 3.74. The Morgan fingerprint density at radius 2 is 2.00 bits per heavy atom. The Morgan fingerprint density at radius 3 is 2.52 bits per heavy atom. The van der Waals surface area contributed by atoms with E-state index in [1.165, 1.54) is 18.2 Å². The van der Waals surface area contributed by atoms with Crippen molar-refractivity contribution in [3.63, 3.8) is 0 Å². The molecule has 0 amide bonds. The number of hydrogen-bond acceptors (Lipinski definition) is 5. The van der Waals surface area contributed by atoms with E-state index in [4.69, 9.17) is 0 Å². The minimum absolute atomic E-state index is 0.0832. The van der Waals surface area contributed by atoms with Gasteiger partial charge in [0.1, 0.15) is 10.7 Å². The molecule has 1 aromatic rings. The van der Waals surface area contributed by atoms with Gasteiger partial charge in [0.05, 0.1) is 16.6 Å². The molecule has 0 spiro atoms. The molecule has 2 rings (SSSR count). The number of nitrogens with zero attached hydrogens (tertiary/aromatic N) is 1. The first-order chi connectivity index (χ1) is 10.9. The lowest BCUT2D eigenvalue weighted by Gasteiger charge is -2.17. The molecule has 1 aliphatic carbocycles. The molecule has 0 aromatic heterocycles. The summed E-state index contributed by atoms with van der Waals surface area (Å²) in [7, 11) is -2.79. The lowest BCUT2D eigenvalue weighted by molar-refractivity contribution is -0.385. The highest BCUT2D eigenvalue weighted by Gasteiger charge is 2.28. The zero-order valence-corrected chi connectivity index (χ0v) is 13.4. The van der Waals surface area contributed by atoms with Crippen LogP contribution in [-0.4, -0.2) is 24.4 Å². The summed E-state index contributed by atoms with van der Waals surface area (Å²) in [6.07, 6.45) is 4.61. The maximum absolute atomic E-state index is 11.6. The van der Waals surface area contributed by atoms with Gasteiger partial charge in [0.15, 0.2) is 0 Å². The quantitative estimate of drug-likeness (QED) is 0.447. The highest BCUT2D eigenvalue weighted by atomic mass is 32.2. The second kappa shape index (κ2) is 7.54. The molecule has 23 heavy (non-hydrogen) atoms. The summed E-state index contributed by atoms with van der Waals surface area (Å²) in [6.45, 7) is 0. The zero-order chi connectivity index (χ0) is 17.0. The number of nitro groups is 1. The Balaban J connectivity index is 2.33. The predicted octanol–water partition coefficient (Wildman–Crippen LogP) is 2.45. The predicted molar refractivity (Wildman–Crippen MR) is 84.1 cm³/mol. The molecule has 7 nitrogen and oxygen atoms in total. The monoisotopic (exact) mass is 341 g/mol. The van der Waals surface area contributed by atoms with Crippen LogP contribution in [0.5, 0.6) is 0 Å². The number of nitro benzene ring substituents is 1. The van der Waals surface area contributed by atoms with E-state index in [9.17, 15) is 28.4 Å². The molecule has 1 unspecified atom stereocenters. The van der Waals surface area contributed by atoms with Crippen LogP contribution in [0.2, 0.25) is 0 Å². The molecule has 1 aromatic carbocycles. The van der Waals surface area contributed by atoms with E-state index in [1.807, 2.05) is 0 Å². The molecule has 126 valence electrons. The van der Waals surface area contributed by atoms with E-state index < -0.39 is 33.3 Å². The van der Waals surface area contributed by atoms with E-state index in [-0.39, 0.29) is 11.3 Å². The third-order valence-corrected chi connectivity index (χ3v) is 4.95. The fourth-order valence-electron chi connectivity index (χ4n) is 3.20. The summed E-state index contributed by atoms with van der Waals surface area (Å²) in [5.41, 5.74) is 0.111. The van der Waals surface area contributed by atoms with Crippen LogP contribution in [0, 0.1) is 16.0 Å². The summed E-state index contributed by atoms with van der Waals surface area (Å²) in [5, 5.41) is 20.6. The van der Waals surface area contributed by atoms with Crippen molar-refractivity contribution in [3.05, 3.63) is 39.4 Å². The van der Waals surface area contributed by atoms with Crippen LogP contribution in [0.1, 0.15) is 49.1 Å². The maximum Gasteiger partial charge on any atom is 0.310 e. The Labute approximate surface area is 135 Å². The molecule has 0 heterocycles. The lowest BCUT2D eigenvalue weighted by Crippen LogP contribution is -2.15. The molecule has 0 bridgehead atoms. The zero-order valence-electron chi connectivity index (χ0n) is 12.5. The third kappa shape index (κ3) is 4.51. The van der Waals surface area contributed by atoms with Crippen LogP contribution in [0.3, 0.4) is 0 Å². The average molecular weight is 341 g/mol. The van der Waals surface area contributed by atoms with Crippen molar-refractivity contribution in [3.8, 4) is 0 Å². The second-order valence-electron chi connectivity index (χ2n) is 5.91. The van der Waals surface area contributed by atoms with Gasteiger partial charge < -0.3 is 5.11 Å². The van der Waals surface area contributed by atoms with Gasteiger partial charge in [0.2, 0.25) is 0 Å². The molecule has 1 atom stereocenters. The number of benzene rings is 1. The van der Waals surface area contributed by atoms with Crippen LogP contribution >= 0.6 is 0 Å². The minimum atomic E-state index is -2.79. The number of aliphatic carboxylic acids is 1. The first kappa shape index (κ1) is 17.4. The third-order valence-electron chi connectivity index (χ3n) is 4.35. The van der Waals surface area contributed by atoms with Gasteiger partial charge in [-0.2, -0.15) is 0 Å². The number of carboxylic acid groups (broad SMARTS) is 1. The molecule has 0 saturated heterocycles.